The van der Waals surface area contributed by atoms with Crippen molar-refractivity contribution in [1.82, 2.24) is 0 Å². The molecule has 1 N–H and O–H groups in total. The van der Waals surface area contributed by atoms with E-state index in [1.165, 1.54) is 0 Å². The van der Waals surface area contributed by atoms with Crippen molar-refractivity contribution in [3.63, 3.8) is 0 Å². The van der Waals surface area contributed by atoms with Crippen molar-refractivity contribution in [1.29, 1.82) is 0 Å². The number of anilines is 1. The second kappa shape index (κ2) is 3.85. The molecule has 1 aromatic carbocycles. The molecule has 1 aromatic rings. The molecule has 1 atom stereocenters. The summed E-state index contributed by atoms with van der Waals surface area (Å²) in [4.78, 5) is 11.3. The van der Waals surface area contributed by atoms with Crippen LogP contribution in [0.2, 0.25) is 10.0 Å². The van der Waals surface area contributed by atoms with Crippen LogP contribution in [-0.4, -0.2) is 12.0 Å². The van der Waals surface area contributed by atoms with Gasteiger partial charge in [0.15, 0.2) is 11.9 Å². The van der Waals surface area contributed by atoms with Gasteiger partial charge < -0.3 is 10.1 Å². The van der Waals surface area contributed by atoms with E-state index in [-0.39, 0.29) is 5.91 Å². The summed E-state index contributed by atoms with van der Waals surface area (Å²) in [5, 5.41) is 3.35. The van der Waals surface area contributed by atoms with E-state index in [0.29, 0.717) is 26.0 Å². The molecule has 1 amide bonds. The Labute approximate surface area is 105 Å². The minimum Gasteiger partial charge on any atom is -0.477 e. The van der Waals surface area contributed by atoms with Crippen molar-refractivity contribution in [2.75, 3.05) is 5.32 Å². The molecule has 1 aliphatic rings. The second-order valence-corrected chi connectivity index (χ2v) is 4.72. The van der Waals surface area contributed by atoms with Crippen molar-refractivity contribution in [2.24, 2.45) is 0 Å². The Kier molecular flexibility index (Phi) is 2.83. The highest BCUT2D eigenvalue weighted by Crippen LogP contribution is 2.44. The molecule has 15 heavy (non-hydrogen) atoms. The maximum absolute atomic E-state index is 11.3. The number of fused-ring (bicyclic) bond motifs is 1. The van der Waals surface area contributed by atoms with E-state index in [4.69, 9.17) is 27.9 Å². The van der Waals surface area contributed by atoms with Gasteiger partial charge in [0.2, 0.25) is 0 Å². The monoisotopic (exact) mass is 309 g/mol. The molecule has 0 saturated heterocycles. The van der Waals surface area contributed by atoms with Gasteiger partial charge in [-0.15, -0.1) is 0 Å². The van der Waals surface area contributed by atoms with Crippen molar-refractivity contribution >= 4 is 50.7 Å². The predicted molar refractivity (Wildman–Crippen MR) is 62.9 cm³/mol. The molecular weight excluding hydrogens is 305 g/mol. The maximum atomic E-state index is 11.3. The van der Waals surface area contributed by atoms with Gasteiger partial charge in [0, 0.05) is 4.47 Å². The van der Waals surface area contributed by atoms with Crippen molar-refractivity contribution in [3.8, 4) is 5.75 Å². The average molecular weight is 311 g/mol. The van der Waals surface area contributed by atoms with Gasteiger partial charge in [0.05, 0.1) is 10.7 Å². The summed E-state index contributed by atoms with van der Waals surface area (Å²) in [6, 6.07) is 1.66. The molecule has 0 aromatic heterocycles. The zero-order valence-electron chi connectivity index (χ0n) is 7.61. The van der Waals surface area contributed by atoms with Crippen LogP contribution in [0.5, 0.6) is 5.75 Å². The van der Waals surface area contributed by atoms with Crippen LogP contribution in [0, 0.1) is 0 Å². The third-order valence-electron chi connectivity index (χ3n) is 2.04. The smallest absolute Gasteiger partial charge is 0.265 e. The molecule has 0 bridgehead atoms. The summed E-state index contributed by atoms with van der Waals surface area (Å²) >= 11 is 15.2. The molecule has 6 heteroatoms. The van der Waals surface area contributed by atoms with Crippen LogP contribution >= 0.6 is 39.1 Å². The molecule has 0 radical (unpaired) electrons. The standard InChI is InChI=1S/C9H6BrCl2NO2/c1-3-9(14)13-5-2-4(10)6(11)7(12)8(5)15-3/h2-3H,1H3,(H,13,14). The molecule has 0 aliphatic carbocycles. The Hall–Kier alpha value is -0.450. The van der Waals surface area contributed by atoms with Crippen LogP contribution in [-0.2, 0) is 4.79 Å². The van der Waals surface area contributed by atoms with Gasteiger partial charge in [-0.2, -0.15) is 0 Å². The van der Waals surface area contributed by atoms with Gasteiger partial charge in [-0.1, -0.05) is 23.2 Å². The lowest BCUT2D eigenvalue weighted by Gasteiger charge is -2.24. The molecule has 1 heterocycles. The van der Waals surface area contributed by atoms with Crippen LogP contribution in [0.25, 0.3) is 0 Å². The highest BCUT2D eigenvalue weighted by molar-refractivity contribution is 9.10. The van der Waals surface area contributed by atoms with Gasteiger partial charge in [-0.05, 0) is 28.9 Å². The zero-order valence-corrected chi connectivity index (χ0v) is 10.7. The van der Waals surface area contributed by atoms with E-state index in [1.807, 2.05) is 0 Å². The van der Waals surface area contributed by atoms with Gasteiger partial charge in [-0.3, -0.25) is 4.79 Å². The van der Waals surface area contributed by atoms with E-state index in [9.17, 15) is 4.79 Å². The molecule has 1 unspecified atom stereocenters. The summed E-state index contributed by atoms with van der Waals surface area (Å²) in [5.41, 5.74) is 0.527. The number of ether oxygens (including phenoxy) is 1. The molecule has 2 rings (SSSR count). The van der Waals surface area contributed by atoms with E-state index in [2.05, 4.69) is 21.2 Å². The minimum atomic E-state index is -0.563. The van der Waals surface area contributed by atoms with Crippen LogP contribution in [0.1, 0.15) is 6.92 Å². The van der Waals surface area contributed by atoms with Gasteiger partial charge in [0.1, 0.15) is 5.02 Å². The number of nitrogens with one attached hydrogen (secondary N) is 1. The second-order valence-electron chi connectivity index (χ2n) is 3.11. The molecule has 1 aliphatic heterocycles. The number of rotatable bonds is 0. The number of carbonyl (C=O) groups is 1. The van der Waals surface area contributed by atoms with Crippen LogP contribution in [0.4, 0.5) is 5.69 Å². The minimum absolute atomic E-state index is 0.201. The third-order valence-corrected chi connectivity index (χ3v) is 3.74. The first-order valence-corrected chi connectivity index (χ1v) is 5.70. The first kappa shape index (κ1) is 11.0. The van der Waals surface area contributed by atoms with Crippen molar-refractivity contribution < 1.29 is 9.53 Å². The number of hydrogen-bond acceptors (Lipinski definition) is 2. The Bertz CT molecular complexity index is 450. The van der Waals surface area contributed by atoms with Gasteiger partial charge in [-0.25, -0.2) is 0 Å². The third kappa shape index (κ3) is 1.82. The van der Waals surface area contributed by atoms with Gasteiger partial charge >= 0.3 is 0 Å². The van der Waals surface area contributed by atoms with E-state index in [1.54, 1.807) is 13.0 Å². The highest BCUT2D eigenvalue weighted by atomic mass is 79.9. The number of halogens is 3. The lowest BCUT2D eigenvalue weighted by atomic mass is 10.2. The fourth-order valence-corrected chi connectivity index (χ4v) is 2.18. The first-order valence-electron chi connectivity index (χ1n) is 4.15. The average Bonchev–Trinajstić information content (AvgIpc) is 2.19. The first-order chi connectivity index (χ1) is 7.00. The van der Waals surface area contributed by atoms with Gasteiger partial charge in [0.25, 0.3) is 5.91 Å². The normalized spacial score (nSPS) is 19.2. The van der Waals surface area contributed by atoms with Crippen LogP contribution in [0.3, 0.4) is 0 Å². The Morgan fingerprint density at radius 1 is 1.47 bits per heavy atom. The lowest BCUT2D eigenvalue weighted by molar-refractivity contribution is -0.122. The molecular formula is C9H6BrCl2NO2. The zero-order chi connectivity index (χ0) is 11.2. The number of benzene rings is 1. The largest absolute Gasteiger partial charge is 0.477 e. The van der Waals surface area contributed by atoms with E-state index >= 15 is 0 Å². The summed E-state index contributed by atoms with van der Waals surface area (Å²) in [7, 11) is 0. The van der Waals surface area contributed by atoms with Crippen molar-refractivity contribution in [2.45, 2.75) is 13.0 Å². The number of carbonyl (C=O) groups excluding carboxylic acids is 1. The predicted octanol–water partition coefficient (Wildman–Crippen LogP) is 3.48. The lowest BCUT2D eigenvalue weighted by Crippen LogP contribution is -2.34. The summed E-state index contributed by atoms with van der Waals surface area (Å²) in [6.07, 6.45) is -0.563. The fraction of sp³-hybridized carbons (Fsp3) is 0.222. The summed E-state index contributed by atoms with van der Waals surface area (Å²) < 4.78 is 5.98. The highest BCUT2D eigenvalue weighted by Gasteiger charge is 2.27. The summed E-state index contributed by atoms with van der Waals surface area (Å²) in [5.74, 6) is 0.213. The topological polar surface area (TPSA) is 38.3 Å². The Balaban J connectivity index is 2.58. The Morgan fingerprint density at radius 3 is 2.80 bits per heavy atom. The molecule has 80 valence electrons. The SMILES string of the molecule is CC1Oc2c(cc(Br)c(Cl)c2Cl)NC1=O. The molecule has 0 fully saturated rings. The number of hydrogen-bond donors (Lipinski definition) is 1. The summed E-state index contributed by atoms with van der Waals surface area (Å²) in [6.45, 7) is 1.64. The maximum Gasteiger partial charge on any atom is 0.265 e. The van der Waals surface area contributed by atoms with Crippen molar-refractivity contribution in [3.05, 3.63) is 20.6 Å². The molecule has 0 spiro atoms. The quantitative estimate of drug-likeness (QED) is 0.745. The Morgan fingerprint density at radius 2 is 2.13 bits per heavy atom. The molecule has 3 nitrogen and oxygen atoms in total. The number of amides is 1. The molecule has 0 saturated carbocycles. The van der Waals surface area contributed by atoms with E-state index in [0.717, 1.165) is 0 Å². The van der Waals surface area contributed by atoms with Crippen LogP contribution < -0.4 is 10.1 Å². The van der Waals surface area contributed by atoms with E-state index < -0.39 is 6.10 Å². The fourth-order valence-electron chi connectivity index (χ4n) is 1.25. The van der Waals surface area contributed by atoms with Crippen LogP contribution in [0.15, 0.2) is 10.5 Å².